The van der Waals surface area contributed by atoms with E-state index in [1.807, 2.05) is 50.2 Å². The van der Waals surface area contributed by atoms with E-state index in [0.717, 1.165) is 27.8 Å². The van der Waals surface area contributed by atoms with Gasteiger partial charge in [0.1, 0.15) is 11.5 Å². The van der Waals surface area contributed by atoms with Crippen LogP contribution in [0.15, 0.2) is 36.4 Å². The van der Waals surface area contributed by atoms with E-state index in [1.54, 1.807) is 6.92 Å². The number of Topliss-reactive ketones (excluding diaryl/α,β-unsaturated/α-hetero) is 1. The summed E-state index contributed by atoms with van der Waals surface area (Å²) in [7, 11) is 1.52. The number of methoxy groups -OCH3 is 1. The molecule has 3 rings (SSSR count). The SMILES string of the molecule is COCC1(C)NC(=O)C(c2c(C)ccc(-c3ccc(Cl)cc3)c2C)C1=O. The van der Waals surface area contributed by atoms with Crippen molar-refractivity contribution in [2.24, 2.45) is 0 Å². The summed E-state index contributed by atoms with van der Waals surface area (Å²) in [5, 5.41) is 3.49. The summed E-state index contributed by atoms with van der Waals surface area (Å²) in [6.07, 6.45) is 0. The van der Waals surface area contributed by atoms with Gasteiger partial charge in [0.2, 0.25) is 5.91 Å². The molecule has 2 unspecified atom stereocenters. The van der Waals surface area contributed by atoms with Gasteiger partial charge in [-0.1, -0.05) is 35.9 Å². The van der Waals surface area contributed by atoms with Gasteiger partial charge in [0.25, 0.3) is 0 Å². The van der Waals surface area contributed by atoms with Crippen LogP contribution in [-0.2, 0) is 14.3 Å². The zero-order valence-electron chi connectivity index (χ0n) is 15.4. The topological polar surface area (TPSA) is 55.4 Å². The molecule has 0 aromatic heterocycles. The van der Waals surface area contributed by atoms with E-state index in [1.165, 1.54) is 7.11 Å². The van der Waals surface area contributed by atoms with E-state index in [4.69, 9.17) is 16.3 Å². The number of carbonyl (C=O) groups excluding carboxylic acids is 2. The predicted octanol–water partition coefficient (Wildman–Crippen LogP) is 3.81. The number of aryl methyl sites for hydroxylation is 1. The first-order valence-corrected chi connectivity index (χ1v) is 8.87. The van der Waals surface area contributed by atoms with Crippen molar-refractivity contribution in [1.82, 2.24) is 5.32 Å². The average molecular weight is 372 g/mol. The molecule has 4 nitrogen and oxygen atoms in total. The Hall–Kier alpha value is -2.17. The number of hydrogen-bond acceptors (Lipinski definition) is 3. The molecule has 1 aliphatic rings. The molecule has 26 heavy (non-hydrogen) atoms. The van der Waals surface area contributed by atoms with Crippen LogP contribution in [0.5, 0.6) is 0 Å². The maximum Gasteiger partial charge on any atom is 0.236 e. The fourth-order valence-corrected chi connectivity index (χ4v) is 3.88. The van der Waals surface area contributed by atoms with Crippen molar-refractivity contribution in [2.45, 2.75) is 32.2 Å². The number of ether oxygens (including phenoxy) is 1. The minimum absolute atomic E-state index is 0.149. The van der Waals surface area contributed by atoms with E-state index in [-0.39, 0.29) is 18.3 Å². The first-order valence-electron chi connectivity index (χ1n) is 8.50. The van der Waals surface area contributed by atoms with Gasteiger partial charge >= 0.3 is 0 Å². The van der Waals surface area contributed by atoms with E-state index < -0.39 is 11.5 Å². The highest BCUT2D eigenvalue weighted by Gasteiger charge is 2.51. The molecular formula is C21H22ClNO3. The van der Waals surface area contributed by atoms with Gasteiger partial charge in [0.05, 0.1) is 6.61 Å². The van der Waals surface area contributed by atoms with Crippen LogP contribution in [0.1, 0.15) is 29.5 Å². The minimum atomic E-state index is -0.994. The van der Waals surface area contributed by atoms with Crippen LogP contribution >= 0.6 is 11.6 Å². The molecule has 0 spiro atoms. The van der Waals surface area contributed by atoms with Crippen molar-refractivity contribution >= 4 is 23.3 Å². The lowest BCUT2D eigenvalue weighted by molar-refractivity contribution is -0.125. The molecule has 1 saturated heterocycles. The molecular weight excluding hydrogens is 350 g/mol. The summed E-state index contributed by atoms with van der Waals surface area (Å²) in [5.41, 5.74) is 3.63. The van der Waals surface area contributed by atoms with Gasteiger partial charge < -0.3 is 10.1 Å². The number of nitrogens with one attached hydrogen (secondary N) is 1. The van der Waals surface area contributed by atoms with Gasteiger partial charge in [0.15, 0.2) is 5.78 Å². The summed E-state index contributed by atoms with van der Waals surface area (Å²) in [4.78, 5) is 25.7. The molecule has 5 heteroatoms. The molecule has 0 aliphatic carbocycles. The van der Waals surface area contributed by atoms with Gasteiger partial charge in [-0.3, -0.25) is 9.59 Å². The second-order valence-corrected chi connectivity index (χ2v) is 7.46. The molecule has 136 valence electrons. The summed E-state index contributed by atoms with van der Waals surface area (Å²) in [5.74, 6) is -1.24. The van der Waals surface area contributed by atoms with Crippen LogP contribution in [0.3, 0.4) is 0 Å². The van der Waals surface area contributed by atoms with Crippen LogP contribution < -0.4 is 5.32 Å². The first-order chi connectivity index (χ1) is 12.3. The van der Waals surface area contributed by atoms with Crippen LogP contribution in [0.4, 0.5) is 0 Å². The van der Waals surface area contributed by atoms with E-state index in [0.29, 0.717) is 5.02 Å². The second-order valence-electron chi connectivity index (χ2n) is 7.03. The predicted molar refractivity (Wildman–Crippen MR) is 103 cm³/mol. The lowest BCUT2D eigenvalue weighted by Crippen LogP contribution is -2.47. The van der Waals surface area contributed by atoms with E-state index in [2.05, 4.69) is 5.32 Å². The van der Waals surface area contributed by atoms with E-state index >= 15 is 0 Å². The van der Waals surface area contributed by atoms with Gasteiger partial charge in [0, 0.05) is 12.1 Å². The van der Waals surface area contributed by atoms with Crippen LogP contribution in [0.25, 0.3) is 11.1 Å². The molecule has 2 aromatic rings. The summed E-state index contributed by atoms with van der Waals surface area (Å²) in [6.45, 7) is 5.76. The number of carbonyl (C=O) groups is 2. The monoisotopic (exact) mass is 371 g/mol. The normalized spacial score (nSPS) is 22.6. The van der Waals surface area contributed by atoms with Gasteiger partial charge in [-0.05, 0) is 60.7 Å². The molecule has 2 aromatic carbocycles. The Morgan fingerprint density at radius 2 is 1.77 bits per heavy atom. The van der Waals surface area contributed by atoms with Crippen molar-refractivity contribution in [3.05, 3.63) is 58.1 Å². The van der Waals surface area contributed by atoms with Crippen LogP contribution in [-0.4, -0.2) is 30.9 Å². The summed E-state index contributed by atoms with van der Waals surface area (Å²) in [6, 6.07) is 11.5. The highest BCUT2D eigenvalue weighted by molar-refractivity contribution is 6.30. The van der Waals surface area contributed by atoms with Crippen molar-refractivity contribution in [3.63, 3.8) is 0 Å². The maximum atomic E-state index is 13.0. The van der Waals surface area contributed by atoms with Crippen molar-refractivity contribution in [3.8, 4) is 11.1 Å². The molecule has 1 fully saturated rings. The second kappa shape index (κ2) is 6.86. The number of benzene rings is 2. The Morgan fingerprint density at radius 3 is 2.38 bits per heavy atom. The molecule has 0 radical (unpaired) electrons. The number of amides is 1. The molecule has 2 atom stereocenters. The Labute approximate surface area is 158 Å². The van der Waals surface area contributed by atoms with Crippen molar-refractivity contribution in [1.29, 1.82) is 0 Å². The zero-order valence-corrected chi connectivity index (χ0v) is 16.1. The third kappa shape index (κ3) is 3.04. The Morgan fingerprint density at radius 1 is 1.12 bits per heavy atom. The highest BCUT2D eigenvalue weighted by atomic mass is 35.5. The molecule has 0 saturated carbocycles. The number of ketones is 1. The molecule has 1 amide bonds. The van der Waals surface area contributed by atoms with Gasteiger partial charge in [-0.15, -0.1) is 0 Å². The lowest BCUT2D eigenvalue weighted by atomic mass is 9.82. The van der Waals surface area contributed by atoms with Crippen molar-refractivity contribution < 1.29 is 14.3 Å². The lowest BCUT2D eigenvalue weighted by Gasteiger charge is -2.22. The number of halogens is 1. The average Bonchev–Trinajstić information content (AvgIpc) is 2.80. The largest absolute Gasteiger partial charge is 0.382 e. The fraction of sp³-hybridized carbons (Fsp3) is 0.333. The third-order valence-corrected chi connectivity index (χ3v) is 5.33. The fourth-order valence-electron chi connectivity index (χ4n) is 3.75. The van der Waals surface area contributed by atoms with Crippen molar-refractivity contribution in [2.75, 3.05) is 13.7 Å². The molecule has 1 N–H and O–H groups in total. The third-order valence-electron chi connectivity index (χ3n) is 5.08. The zero-order chi connectivity index (χ0) is 19.1. The number of hydrogen-bond donors (Lipinski definition) is 1. The van der Waals surface area contributed by atoms with Crippen LogP contribution in [0, 0.1) is 13.8 Å². The summed E-state index contributed by atoms with van der Waals surface area (Å²) < 4.78 is 5.15. The smallest absolute Gasteiger partial charge is 0.236 e. The Balaban J connectivity index is 2.11. The first kappa shape index (κ1) is 18.6. The standard InChI is InChI=1S/C21H22ClNO3/c1-12-5-10-16(14-6-8-15(22)9-7-14)13(2)17(12)18-19(24)21(3,11-26-4)23-20(18)25/h5-10,18H,11H2,1-4H3,(H,23,25). The quantitative estimate of drug-likeness (QED) is 0.831. The highest BCUT2D eigenvalue weighted by Crippen LogP contribution is 2.37. The van der Waals surface area contributed by atoms with Gasteiger partial charge in [-0.2, -0.15) is 0 Å². The minimum Gasteiger partial charge on any atom is -0.382 e. The summed E-state index contributed by atoms with van der Waals surface area (Å²) >= 11 is 5.99. The molecule has 1 aliphatic heterocycles. The van der Waals surface area contributed by atoms with Crippen LogP contribution in [0.2, 0.25) is 5.02 Å². The Bertz CT molecular complexity index is 876. The van der Waals surface area contributed by atoms with E-state index in [9.17, 15) is 9.59 Å². The maximum absolute atomic E-state index is 13.0. The number of rotatable bonds is 4. The van der Waals surface area contributed by atoms with Gasteiger partial charge in [-0.25, -0.2) is 0 Å². The Kier molecular flexibility index (Phi) is 4.91. The molecule has 1 heterocycles. The molecule has 0 bridgehead atoms.